The predicted molar refractivity (Wildman–Crippen MR) is 121 cm³/mol. The molecule has 0 radical (unpaired) electrons. The first-order valence-corrected chi connectivity index (χ1v) is 12.8. The Balaban J connectivity index is 0. The fourth-order valence-corrected chi connectivity index (χ4v) is 3.13. The topological polar surface area (TPSA) is 63.6 Å². The second kappa shape index (κ2) is 20.1. The van der Waals surface area contributed by atoms with Crippen molar-refractivity contribution in [2.45, 2.75) is 110 Å². The van der Waals surface area contributed by atoms with Gasteiger partial charge in [0.1, 0.15) is 0 Å². The molecule has 0 spiro atoms. The minimum Gasteiger partial charge on any atom is -0.331 e. The quantitative estimate of drug-likeness (QED) is 0.157. The van der Waals surface area contributed by atoms with Crippen LogP contribution in [-0.4, -0.2) is 52.3 Å². The van der Waals surface area contributed by atoms with E-state index in [-0.39, 0.29) is 0 Å². The molecule has 0 saturated heterocycles. The summed E-state index contributed by atoms with van der Waals surface area (Å²) in [7, 11) is 3.60. The van der Waals surface area contributed by atoms with Crippen LogP contribution in [0.2, 0.25) is 0 Å². The maximum atomic E-state index is 9.33. The van der Waals surface area contributed by atoms with Gasteiger partial charge in [0.05, 0.1) is 34.8 Å². The van der Waals surface area contributed by atoms with Gasteiger partial charge in [-0.3, -0.25) is 8.74 Å². The summed E-state index contributed by atoms with van der Waals surface area (Å²) in [4.78, 5) is 0. The summed E-state index contributed by atoms with van der Waals surface area (Å²) in [6.45, 7) is 3.63. The van der Waals surface area contributed by atoms with Gasteiger partial charge < -0.3 is 4.48 Å². The number of hydrogen-bond acceptors (Lipinski definition) is 3. The Kier molecular flexibility index (Phi) is 21.6. The second-order valence-corrected chi connectivity index (χ2v) is 10.1. The van der Waals surface area contributed by atoms with E-state index in [4.69, 9.17) is 4.55 Å². The smallest absolute Gasteiger partial charge is 0.331 e. The highest BCUT2D eigenvalue weighted by Gasteiger charge is 2.04. The zero-order chi connectivity index (χ0) is 21.7. The number of unbranched alkanes of at least 4 members (excludes halogenated alkanes) is 15. The minimum atomic E-state index is -4.16. The first-order valence-electron chi connectivity index (χ1n) is 11.5. The Morgan fingerprint density at radius 1 is 0.643 bits per heavy atom. The van der Waals surface area contributed by atoms with E-state index in [9.17, 15) is 8.42 Å². The highest BCUT2D eigenvalue weighted by Crippen LogP contribution is 2.13. The Morgan fingerprint density at radius 3 is 1.11 bits per heavy atom. The summed E-state index contributed by atoms with van der Waals surface area (Å²) in [6, 6.07) is 0. The van der Waals surface area contributed by atoms with E-state index >= 15 is 0 Å². The molecule has 0 aliphatic carbocycles. The molecule has 172 valence electrons. The van der Waals surface area contributed by atoms with Crippen LogP contribution >= 0.6 is 0 Å². The van der Waals surface area contributed by atoms with Gasteiger partial charge in [-0.2, -0.15) is 8.42 Å². The average molecular weight is 425 g/mol. The lowest BCUT2D eigenvalue weighted by Gasteiger charge is -2.23. The van der Waals surface area contributed by atoms with Crippen LogP contribution in [0, 0.1) is 0 Å². The molecule has 0 unspecified atom stereocenters. The molecule has 1 N–H and O–H groups in total. The van der Waals surface area contributed by atoms with E-state index in [1.54, 1.807) is 0 Å². The largest absolute Gasteiger partial charge is 0.397 e. The average Bonchev–Trinajstić information content (AvgIpc) is 2.60. The third-order valence-corrected chi connectivity index (χ3v) is 5.31. The molecule has 0 amide bonds. The van der Waals surface area contributed by atoms with Crippen molar-refractivity contribution in [1.29, 1.82) is 0 Å². The number of nitrogens with zero attached hydrogens (tertiary/aromatic N) is 1. The van der Waals surface area contributed by atoms with Crippen molar-refractivity contribution in [2.75, 3.05) is 34.8 Å². The van der Waals surface area contributed by atoms with Gasteiger partial charge in [-0.25, -0.2) is 0 Å². The molecule has 0 bridgehead atoms. The number of hydrogen-bond donors (Lipinski definition) is 1. The first kappa shape index (κ1) is 30.0. The monoisotopic (exact) mass is 424 g/mol. The molecular formula is C22H50NO4S+. The van der Waals surface area contributed by atoms with Gasteiger partial charge >= 0.3 is 10.4 Å². The summed E-state index contributed by atoms with van der Waals surface area (Å²) >= 11 is 0. The van der Waals surface area contributed by atoms with Crippen LogP contribution in [0.15, 0.2) is 0 Å². The molecule has 0 saturated carbocycles. The Labute approximate surface area is 176 Å². The highest BCUT2D eigenvalue weighted by molar-refractivity contribution is 7.80. The molecule has 0 aromatic carbocycles. The third-order valence-electron chi connectivity index (χ3n) is 4.89. The molecule has 28 heavy (non-hydrogen) atoms. The van der Waals surface area contributed by atoms with Gasteiger partial charge in [-0.05, 0) is 12.8 Å². The number of rotatable bonds is 18. The van der Waals surface area contributed by atoms with Gasteiger partial charge in [0.25, 0.3) is 0 Å². The third kappa shape index (κ3) is 33.4. The summed E-state index contributed by atoms with van der Waals surface area (Å²) in [5.41, 5.74) is 0. The van der Waals surface area contributed by atoms with Gasteiger partial charge in [0, 0.05) is 0 Å². The van der Waals surface area contributed by atoms with Gasteiger partial charge in [0.2, 0.25) is 0 Å². The van der Waals surface area contributed by atoms with E-state index in [2.05, 4.69) is 32.2 Å². The van der Waals surface area contributed by atoms with Crippen molar-refractivity contribution in [3.8, 4) is 0 Å². The van der Waals surface area contributed by atoms with Crippen molar-refractivity contribution in [3.05, 3.63) is 0 Å². The van der Waals surface area contributed by atoms with Crippen LogP contribution in [0.4, 0.5) is 0 Å². The van der Waals surface area contributed by atoms with Crippen LogP contribution in [0.5, 0.6) is 0 Å². The number of quaternary nitrogens is 1. The van der Waals surface area contributed by atoms with E-state index in [0.29, 0.717) is 0 Å². The van der Waals surface area contributed by atoms with Crippen molar-refractivity contribution in [1.82, 2.24) is 0 Å². The van der Waals surface area contributed by atoms with E-state index in [1.807, 2.05) is 0 Å². The lowest BCUT2D eigenvalue weighted by Crippen LogP contribution is -2.35. The summed E-state index contributed by atoms with van der Waals surface area (Å²) < 4.78 is 30.8. The highest BCUT2D eigenvalue weighted by atomic mass is 32.3. The fourth-order valence-electron chi connectivity index (χ4n) is 3.13. The van der Waals surface area contributed by atoms with Gasteiger partial charge in [0.15, 0.2) is 0 Å². The van der Waals surface area contributed by atoms with Crippen molar-refractivity contribution >= 4 is 10.4 Å². The molecule has 0 aromatic heterocycles. The Bertz CT molecular complexity index is 405. The molecule has 0 aliphatic rings. The lowest BCUT2D eigenvalue weighted by atomic mass is 10.0. The molecule has 0 rings (SSSR count). The normalized spacial score (nSPS) is 11.9. The summed E-state index contributed by atoms with van der Waals surface area (Å²) in [5.74, 6) is 0. The molecule has 0 heterocycles. The zero-order valence-corrected chi connectivity index (χ0v) is 20.4. The summed E-state index contributed by atoms with van der Waals surface area (Å²) in [5, 5.41) is 0. The van der Waals surface area contributed by atoms with Crippen LogP contribution in [0.1, 0.15) is 110 Å². The molecule has 0 aliphatic heterocycles. The SMILES string of the molecule is CCCCCCCCCCCCCCCCCC[N+](C)(C)C.COS(=O)(=O)O. The fraction of sp³-hybridized carbons (Fsp3) is 1.00. The van der Waals surface area contributed by atoms with Crippen LogP contribution < -0.4 is 0 Å². The van der Waals surface area contributed by atoms with Crippen molar-refractivity contribution in [2.24, 2.45) is 0 Å². The predicted octanol–water partition coefficient (Wildman–Crippen LogP) is 6.39. The molecule has 0 aromatic rings. The van der Waals surface area contributed by atoms with Crippen molar-refractivity contribution < 1.29 is 21.6 Å². The van der Waals surface area contributed by atoms with Crippen molar-refractivity contribution in [3.63, 3.8) is 0 Å². The Morgan fingerprint density at radius 2 is 0.893 bits per heavy atom. The second-order valence-electron chi connectivity index (χ2n) is 8.91. The maximum absolute atomic E-state index is 9.33. The van der Waals surface area contributed by atoms with E-state index in [0.717, 1.165) is 11.6 Å². The molecular weight excluding hydrogens is 374 g/mol. The molecule has 5 nitrogen and oxygen atoms in total. The van der Waals surface area contributed by atoms with Crippen LogP contribution in [-0.2, 0) is 14.6 Å². The van der Waals surface area contributed by atoms with Gasteiger partial charge in [-0.1, -0.05) is 96.8 Å². The van der Waals surface area contributed by atoms with Gasteiger partial charge in [-0.15, -0.1) is 0 Å². The molecule has 0 fully saturated rings. The zero-order valence-electron chi connectivity index (χ0n) is 19.5. The van der Waals surface area contributed by atoms with Crippen LogP contribution in [0.25, 0.3) is 0 Å². The molecule has 6 heteroatoms. The molecule has 0 atom stereocenters. The maximum Gasteiger partial charge on any atom is 0.397 e. The standard InChI is InChI=1S/C21H46N.CH4O4S/c1-5-6-7-8-9-10-11-12-13-14-15-16-17-18-19-20-21-22(2,3)4;1-5-6(2,3)4/h5-21H2,1-4H3;1H3,(H,2,3,4)/q+1;. The lowest BCUT2D eigenvalue weighted by molar-refractivity contribution is -0.870. The minimum absolute atomic E-state index is 0.870. The van der Waals surface area contributed by atoms with E-state index < -0.39 is 10.4 Å². The summed E-state index contributed by atoms with van der Waals surface area (Å²) in [6.07, 6.45) is 23.4. The Hall–Kier alpha value is -0.170. The first-order chi connectivity index (χ1) is 13.1. The van der Waals surface area contributed by atoms with Crippen LogP contribution in [0.3, 0.4) is 0 Å². The van der Waals surface area contributed by atoms with E-state index in [1.165, 1.54) is 109 Å².